The monoisotopic (exact) mass is 431 g/mol. The molecule has 30 heavy (non-hydrogen) atoms. The van der Waals surface area contributed by atoms with Crippen LogP contribution >= 0.6 is 0 Å². The molecule has 1 aliphatic heterocycles. The van der Waals surface area contributed by atoms with Crippen LogP contribution in [0.25, 0.3) is 0 Å². The number of benzene rings is 2. The van der Waals surface area contributed by atoms with Crippen LogP contribution in [0.1, 0.15) is 23.2 Å². The highest BCUT2D eigenvalue weighted by Crippen LogP contribution is 2.20. The number of hydrazine groups is 1. The zero-order chi connectivity index (χ0) is 21.7. The first-order valence-corrected chi connectivity index (χ1v) is 11.2. The summed E-state index contributed by atoms with van der Waals surface area (Å²) in [5.41, 5.74) is 3.80. The Kier molecular flexibility index (Phi) is 6.36. The summed E-state index contributed by atoms with van der Waals surface area (Å²) < 4.78 is 27.8. The van der Waals surface area contributed by atoms with E-state index in [9.17, 15) is 22.8 Å². The van der Waals surface area contributed by atoms with Crippen molar-refractivity contribution >= 4 is 38.9 Å². The SMILES string of the molecule is CS(=O)(=O)CCOc1cccc(NC(=O)c2ccc(N3NC(=O)CCC3=O)cc2)c1. The van der Waals surface area contributed by atoms with Crippen LogP contribution in [0.3, 0.4) is 0 Å². The zero-order valence-electron chi connectivity index (χ0n) is 16.3. The van der Waals surface area contributed by atoms with Gasteiger partial charge in [-0.15, -0.1) is 0 Å². The van der Waals surface area contributed by atoms with Crippen molar-refractivity contribution in [2.45, 2.75) is 12.8 Å². The van der Waals surface area contributed by atoms with E-state index < -0.39 is 9.84 Å². The third-order valence-corrected chi connectivity index (χ3v) is 5.16. The Bertz CT molecular complexity index is 1070. The summed E-state index contributed by atoms with van der Waals surface area (Å²) in [6, 6.07) is 12.9. The maximum Gasteiger partial charge on any atom is 0.255 e. The predicted octanol–water partition coefficient (Wildman–Crippen LogP) is 1.52. The fourth-order valence-corrected chi connectivity index (χ4v) is 3.11. The fourth-order valence-electron chi connectivity index (χ4n) is 2.72. The number of carbonyl (C=O) groups excluding carboxylic acids is 3. The summed E-state index contributed by atoms with van der Waals surface area (Å²) in [6.07, 6.45) is 1.43. The van der Waals surface area contributed by atoms with Gasteiger partial charge in [0.05, 0.1) is 11.4 Å². The van der Waals surface area contributed by atoms with Crippen molar-refractivity contribution in [1.29, 1.82) is 0 Å². The number of rotatable bonds is 7. The standard InChI is InChI=1S/C20H21N3O6S/c1-30(27,28)12-11-29-17-4-2-3-15(13-17)21-20(26)14-5-7-16(8-6-14)23-19(25)10-9-18(24)22-23/h2-8,13H,9-12H2,1H3,(H,21,26)(H,22,24). The molecule has 10 heteroatoms. The predicted molar refractivity (Wildman–Crippen MR) is 111 cm³/mol. The number of nitrogens with one attached hydrogen (secondary N) is 2. The second kappa shape index (κ2) is 8.95. The van der Waals surface area contributed by atoms with Gasteiger partial charge < -0.3 is 10.1 Å². The van der Waals surface area contributed by atoms with E-state index >= 15 is 0 Å². The molecule has 0 radical (unpaired) electrons. The van der Waals surface area contributed by atoms with E-state index in [0.29, 0.717) is 22.7 Å². The largest absolute Gasteiger partial charge is 0.492 e. The lowest BCUT2D eigenvalue weighted by molar-refractivity contribution is -0.130. The highest BCUT2D eigenvalue weighted by atomic mass is 32.2. The maximum absolute atomic E-state index is 12.5. The summed E-state index contributed by atoms with van der Waals surface area (Å²) in [7, 11) is -3.12. The van der Waals surface area contributed by atoms with Gasteiger partial charge in [-0.25, -0.2) is 13.4 Å². The van der Waals surface area contributed by atoms with Crippen molar-refractivity contribution in [2.24, 2.45) is 0 Å². The van der Waals surface area contributed by atoms with Gasteiger partial charge in [-0.2, -0.15) is 0 Å². The van der Waals surface area contributed by atoms with E-state index in [1.54, 1.807) is 48.5 Å². The summed E-state index contributed by atoms with van der Waals surface area (Å²) in [5.74, 6) is -0.500. The molecule has 1 saturated heterocycles. The number of ether oxygens (including phenoxy) is 1. The number of sulfone groups is 1. The molecule has 0 saturated carbocycles. The molecule has 1 aliphatic rings. The molecule has 2 aromatic rings. The second-order valence-electron chi connectivity index (χ2n) is 6.77. The lowest BCUT2D eigenvalue weighted by atomic mass is 10.1. The third kappa shape index (κ3) is 5.80. The molecule has 9 nitrogen and oxygen atoms in total. The lowest BCUT2D eigenvalue weighted by Crippen LogP contribution is -2.50. The minimum absolute atomic E-state index is 0.0173. The van der Waals surface area contributed by atoms with Gasteiger partial charge in [0.25, 0.3) is 5.91 Å². The van der Waals surface area contributed by atoms with Crippen molar-refractivity contribution in [3.63, 3.8) is 0 Å². The molecule has 3 rings (SSSR count). The molecular formula is C20H21N3O6S. The smallest absolute Gasteiger partial charge is 0.255 e. The molecule has 3 amide bonds. The van der Waals surface area contributed by atoms with E-state index in [-0.39, 0.29) is 42.9 Å². The van der Waals surface area contributed by atoms with Crippen LogP contribution < -0.4 is 20.5 Å². The summed E-state index contributed by atoms with van der Waals surface area (Å²) in [5, 5.41) is 3.90. The zero-order valence-corrected chi connectivity index (χ0v) is 17.1. The van der Waals surface area contributed by atoms with Crippen LogP contribution in [0.4, 0.5) is 11.4 Å². The number of carbonyl (C=O) groups is 3. The number of amides is 3. The molecule has 0 spiro atoms. The van der Waals surface area contributed by atoms with Gasteiger partial charge in [0.2, 0.25) is 11.8 Å². The maximum atomic E-state index is 12.5. The molecule has 0 aromatic heterocycles. The Balaban J connectivity index is 1.62. The van der Waals surface area contributed by atoms with Crippen molar-refractivity contribution in [3.05, 3.63) is 54.1 Å². The van der Waals surface area contributed by atoms with Gasteiger partial charge in [-0.1, -0.05) is 6.07 Å². The molecule has 2 N–H and O–H groups in total. The van der Waals surface area contributed by atoms with Crippen molar-refractivity contribution in [2.75, 3.05) is 28.9 Å². The number of hydrogen-bond acceptors (Lipinski definition) is 6. The molecule has 1 fully saturated rings. The van der Waals surface area contributed by atoms with Crippen LogP contribution in [0.2, 0.25) is 0 Å². The first-order valence-electron chi connectivity index (χ1n) is 9.16. The normalized spacial score (nSPS) is 14.2. The topological polar surface area (TPSA) is 122 Å². The average Bonchev–Trinajstić information content (AvgIpc) is 2.69. The molecule has 2 aromatic carbocycles. The van der Waals surface area contributed by atoms with Gasteiger partial charge in [-0.05, 0) is 36.4 Å². The Labute approximate surface area is 173 Å². The number of hydrogen-bond donors (Lipinski definition) is 2. The molecule has 0 atom stereocenters. The quantitative estimate of drug-likeness (QED) is 0.686. The molecule has 0 bridgehead atoms. The number of nitrogens with zero attached hydrogens (tertiary/aromatic N) is 1. The van der Waals surface area contributed by atoms with Gasteiger partial charge in [0.1, 0.15) is 12.4 Å². The molecule has 0 aliphatic carbocycles. The van der Waals surface area contributed by atoms with E-state index in [0.717, 1.165) is 6.26 Å². The highest BCUT2D eigenvalue weighted by Gasteiger charge is 2.24. The Hall–Kier alpha value is -3.40. The van der Waals surface area contributed by atoms with Crippen molar-refractivity contribution in [1.82, 2.24) is 5.43 Å². The van der Waals surface area contributed by atoms with Crippen molar-refractivity contribution < 1.29 is 27.5 Å². The van der Waals surface area contributed by atoms with Crippen molar-refractivity contribution in [3.8, 4) is 5.75 Å². The van der Waals surface area contributed by atoms with Crippen LogP contribution in [0.5, 0.6) is 5.75 Å². The van der Waals surface area contributed by atoms with Gasteiger partial charge >= 0.3 is 0 Å². The summed E-state index contributed by atoms with van der Waals surface area (Å²) >= 11 is 0. The van der Waals surface area contributed by atoms with Crippen LogP contribution in [0, 0.1) is 0 Å². The van der Waals surface area contributed by atoms with Crippen LogP contribution in [0.15, 0.2) is 48.5 Å². The van der Waals surface area contributed by atoms with E-state index in [4.69, 9.17) is 4.74 Å². The Morgan fingerprint density at radius 2 is 1.87 bits per heavy atom. The first kappa shape index (κ1) is 21.3. The van der Waals surface area contributed by atoms with E-state index in [1.807, 2.05) is 0 Å². The van der Waals surface area contributed by atoms with Crippen LogP contribution in [-0.2, 0) is 19.4 Å². The summed E-state index contributed by atoms with van der Waals surface area (Å²) in [6.45, 7) is 0.0173. The average molecular weight is 431 g/mol. The Morgan fingerprint density at radius 1 is 1.13 bits per heavy atom. The third-order valence-electron chi connectivity index (χ3n) is 4.25. The van der Waals surface area contributed by atoms with E-state index in [2.05, 4.69) is 10.7 Å². The fraction of sp³-hybridized carbons (Fsp3) is 0.250. The van der Waals surface area contributed by atoms with E-state index in [1.165, 1.54) is 5.01 Å². The van der Waals surface area contributed by atoms with Crippen LogP contribution in [-0.4, -0.2) is 44.8 Å². The highest BCUT2D eigenvalue weighted by molar-refractivity contribution is 7.90. The molecule has 0 unspecified atom stereocenters. The first-order chi connectivity index (χ1) is 14.2. The molecule has 158 valence electrons. The minimum atomic E-state index is -3.12. The second-order valence-corrected chi connectivity index (χ2v) is 9.03. The van der Waals surface area contributed by atoms with Gasteiger partial charge in [-0.3, -0.25) is 19.8 Å². The lowest BCUT2D eigenvalue weighted by Gasteiger charge is -2.27. The van der Waals surface area contributed by atoms with Gasteiger partial charge in [0.15, 0.2) is 9.84 Å². The summed E-state index contributed by atoms with van der Waals surface area (Å²) in [4.78, 5) is 35.9. The Morgan fingerprint density at radius 3 is 2.57 bits per heavy atom. The number of anilines is 2. The molecule has 1 heterocycles. The minimum Gasteiger partial charge on any atom is -0.492 e. The van der Waals surface area contributed by atoms with Gasteiger partial charge in [0, 0.05) is 36.4 Å². The molecular weight excluding hydrogens is 410 g/mol.